The smallest absolute Gasteiger partial charge is 0.0823 e. The van der Waals surface area contributed by atoms with E-state index in [4.69, 9.17) is 5.73 Å². The predicted octanol–water partition coefficient (Wildman–Crippen LogP) is 0.992. The van der Waals surface area contributed by atoms with Gasteiger partial charge in [0.1, 0.15) is 0 Å². The molecule has 0 aromatic carbocycles. The Morgan fingerprint density at radius 2 is 2.27 bits per heavy atom. The van der Waals surface area contributed by atoms with Crippen molar-refractivity contribution in [2.24, 2.45) is 5.73 Å². The second-order valence-electron chi connectivity index (χ2n) is 4.44. The van der Waals surface area contributed by atoms with E-state index in [1.54, 1.807) is 0 Å². The molecule has 1 aromatic rings. The van der Waals surface area contributed by atoms with Crippen LogP contribution in [0.1, 0.15) is 38.3 Å². The highest BCUT2D eigenvalue weighted by Crippen LogP contribution is 2.33. The highest BCUT2D eigenvalue weighted by molar-refractivity contribution is 5.14. The summed E-state index contributed by atoms with van der Waals surface area (Å²) in [5, 5.41) is 13.9. The van der Waals surface area contributed by atoms with Crippen molar-refractivity contribution >= 4 is 0 Å². The van der Waals surface area contributed by atoms with E-state index in [1.807, 2.05) is 16.9 Å². The zero-order valence-corrected chi connectivity index (χ0v) is 9.19. The van der Waals surface area contributed by atoms with E-state index >= 15 is 0 Å². The molecule has 3 N–H and O–H groups in total. The molecule has 0 radical (unpaired) electrons. The molecule has 84 valence electrons. The molecule has 1 saturated carbocycles. The molecule has 0 saturated heterocycles. The number of nitrogens with two attached hydrogens (primary N) is 1. The Morgan fingerprint density at radius 1 is 1.60 bits per heavy atom. The van der Waals surface area contributed by atoms with Crippen molar-refractivity contribution in [2.75, 3.05) is 0 Å². The molecule has 0 atom stereocenters. The number of aryl methyl sites for hydroxylation is 1. The van der Waals surface area contributed by atoms with Gasteiger partial charge in [0.15, 0.2) is 0 Å². The Balaban J connectivity index is 2.14. The van der Waals surface area contributed by atoms with Crippen LogP contribution < -0.4 is 5.73 Å². The third-order valence-corrected chi connectivity index (χ3v) is 3.32. The summed E-state index contributed by atoms with van der Waals surface area (Å²) in [4.78, 5) is 0. The first-order valence-corrected chi connectivity index (χ1v) is 5.65. The van der Waals surface area contributed by atoms with Gasteiger partial charge in [-0.2, -0.15) is 5.10 Å². The topological polar surface area (TPSA) is 64.1 Å². The largest absolute Gasteiger partial charge is 0.393 e. The predicted molar refractivity (Wildman–Crippen MR) is 58.2 cm³/mol. The van der Waals surface area contributed by atoms with E-state index < -0.39 is 0 Å². The van der Waals surface area contributed by atoms with Gasteiger partial charge in [0.05, 0.1) is 17.3 Å². The zero-order valence-electron chi connectivity index (χ0n) is 9.19. The van der Waals surface area contributed by atoms with Crippen molar-refractivity contribution < 1.29 is 5.11 Å². The molecule has 4 nitrogen and oxygen atoms in total. The molecule has 0 bridgehead atoms. The number of aromatic nitrogens is 2. The van der Waals surface area contributed by atoms with Crippen LogP contribution in [0.3, 0.4) is 0 Å². The van der Waals surface area contributed by atoms with Gasteiger partial charge in [-0.1, -0.05) is 0 Å². The molecule has 0 spiro atoms. The maximum Gasteiger partial charge on any atom is 0.0823 e. The Labute approximate surface area is 90.1 Å². The van der Waals surface area contributed by atoms with Crippen LogP contribution >= 0.6 is 0 Å². The number of rotatable bonds is 2. The van der Waals surface area contributed by atoms with Crippen molar-refractivity contribution in [1.29, 1.82) is 0 Å². The van der Waals surface area contributed by atoms with Gasteiger partial charge in [0, 0.05) is 12.7 Å². The number of hydrogen-bond donors (Lipinski definition) is 2. The lowest BCUT2D eigenvalue weighted by Crippen LogP contribution is -2.42. The summed E-state index contributed by atoms with van der Waals surface area (Å²) in [6.07, 6.45) is 5.03. The van der Waals surface area contributed by atoms with Crippen molar-refractivity contribution in [3.05, 3.63) is 18.0 Å². The van der Waals surface area contributed by atoms with Crippen molar-refractivity contribution in [3.8, 4) is 0 Å². The molecular formula is C11H19N3O. The molecule has 4 heteroatoms. The molecule has 0 amide bonds. The lowest BCUT2D eigenvalue weighted by molar-refractivity contribution is 0.0954. The van der Waals surface area contributed by atoms with Crippen molar-refractivity contribution in [2.45, 2.75) is 50.8 Å². The van der Waals surface area contributed by atoms with Crippen LogP contribution in [0.5, 0.6) is 0 Å². The van der Waals surface area contributed by atoms with Gasteiger partial charge in [-0.25, -0.2) is 0 Å². The van der Waals surface area contributed by atoms with E-state index in [0.29, 0.717) is 0 Å². The van der Waals surface area contributed by atoms with E-state index in [2.05, 4.69) is 12.0 Å². The lowest BCUT2D eigenvalue weighted by atomic mass is 9.79. The van der Waals surface area contributed by atoms with E-state index in [-0.39, 0.29) is 11.6 Å². The van der Waals surface area contributed by atoms with E-state index in [1.165, 1.54) is 0 Å². The minimum absolute atomic E-state index is 0.171. The summed E-state index contributed by atoms with van der Waals surface area (Å²) in [6.45, 7) is 2.93. The fourth-order valence-corrected chi connectivity index (χ4v) is 2.18. The van der Waals surface area contributed by atoms with Gasteiger partial charge in [-0.05, 0) is 38.7 Å². The third-order valence-electron chi connectivity index (χ3n) is 3.32. The fraction of sp³-hybridized carbons (Fsp3) is 0.727. The first-order chi connectivity index (χ1) is 7.14. The van der Waals surface area contributed by atoms with Crippen LogP contribution in [0.25, 0.3) is 0 Å². The fourth-order valence-electron chi connectivity index (χ4n) is 2.18. The minimum Gasteiger partial charge on any atom is -0.393 e. The number of aliphatic hydroxyl groups is 1. The Kier molecular flexibility index (Phi) is 2.80. The molecule has 1 heterocycles. The summed E-state index contributed by atoms with van der Waals surface area (Å²) < 4.78 is 1.90. The number of aliphatic hydroxyl groups excluding tert-OH is 1. The average molecular weight is 209 g/mol. The molecule has 0 unspecified atom stereocenters. The van der Waals surface area contributed by atoms with Gasteiger partial charge >= 0.3 is 0 Å². The molecule has 1 aliphatic carbocycles. The Bertz CT molecular complexity index is 326. The standard InChI is InChI=1S/C11H19N3O/c1-2-14-8-5-10(13-14)11(12)6-3-9(15)4-7-11/h5,8-9,15H,2-4,6-7,12H2,1H3. The van der Waals surface area contributed by atoms with Crippen LogP contribution in [-0.4, -0.2) is 21.0 Å². The normalized spacial score (nSPS) is 31.8. The monoisotopic (exact) mass is 209 g/mol. The second kappa shape index (κ2) is 3.94. The molecule has 1 aromatic heterocycles. The number of nitrogens with zero attached hydrogens (tertiary/aromatic N) is 2. The third kappa shape index (κ3) is 2.06. The zero-order chi connectivity index (χ0) is 10.9. The molecular weight excluding hydrogens is 190 g/mol. The summed E-state index contributed by atoms with van der Waals surface area (Å²) in [7, 11) is 0. The van der Waals surface area contributed by atoms with Crippen LogP contribution in [0.2, 0.25) is 0 Å². The maximum absolute atomic E-state index is 9.46. The summed E-state index contributed by atoms with van der Waals surface area (Å²) in [5.74, 6) is 0. The van der Waals surface area contributed by atoms with Crippen LogP contribution in [0.15, 0.2) is 12.3 Å². The van der Waals surface area contributed by atoms with Gasteiger partial charge in [-0.3, -0.25) is 4.68 Å². The summed E-state index contributed by atoms with van der Waals surface area (Å²) in [6, 6.07) is 2.00. The van der Waals surface area contributed by atoms with Gasteiger partial charge in [0.25, 0.3) is 0 Å². The van der Waals surface area contributed by atoms with Crippen molar-refractivity contribution in [1.82, 2.24) is 9.78 Å². The first-order valence-electron chi connectivity index (χ1n) is 5.65. The lowest BCUT2D eigenvalue weighted by Gasteiger charge is -2.34. The molecule has 1 aliphatic rings. The highest BCUT2D eigenvalue weighted by Gasteiger charge is 2.34. The van der Waals surface area contributed by atoms with Crippen LogP contribution in [0, 0.1) is 0 Å². The molecule has 1 fully saturated rings. The minimum atomic E-state index is -0.320. The molecule has 0 aliphatic heterocycles. The molecule has 2 rings (SSSR count). The highest BCUT2D eigenvalue weighted by atomic mass is 16.3. The maximum atomic E-state index is 9.46. The number of hydrogen-bond acceptors (Lipinski definition) is 3. The van der Waals surface area contributed by atoms with Gasteiger partial charge in [-0.15, -0.1) is 0 Å². The van der Waals surface area contributed by atoms with Crippen molar-refractivity contribution in [3.63, 3.8) is 0 Å². The summed E-state index contributed by atoms with van der Waals surface area (Å²) in [5.41, 5.74) is 6.97. The summed E-state index contributed by atoms with van der Waals surface area (Å²) >= 11 is 0. The van der Waals surface area contributed by atoms with Gasteiger partial charge < -0.3 is 10.8 Å². The van der Waals surface area contributed by atoms with Gasteiger partial charge in [0.2, 0.25) is 0 Å². The first kappa shape index (κ1) is 10.6. The SMILES string of the molecule is CCn1ccc(C2(N)CCC(O)CC2)n1. The second-order valence-corrected chi connectivity index (χ2v) is 4.44. The van der Waals surface area contributed by atoms with E-state index in [9.17, 15) is 5.11 Å². The van der Waals surface area contributed by atoms with Crippen LogP contribution in [-0.2, 0) is 12.1 Å². The Morgan fingerprint density at radius 3 is 2.80 bits per heavy atom. The van der Waals surface area contributed by atoms with Crippen LogP contribution in [0.4, 0.5) is 0 Å². The average Bonchev–Trinajstić information content (AvgIpc) is 2.72. The quantitative estimate of drug-likeness (QED) is 0.763. The van der Waals surface area contributed by atoms with E-state index in [0.717, 1.165) is 37.9 Å². The Hall–Kier alpha value is -0.870. The molecule has 15 heavy (non-hydrogen) atoms.